The summed E-state index contributed by atoms with van der Waals surface area (Å²) in [5.41, 5.74) is -1.52. The summed E-state index contributed by atoms with van der Waals surface area (Å²) in [5.74, 6) is -0.624. The van der Waals surface area contributed by atoms with E-state index in [1.807, 2.05) is 20.8 Å². The monoisotopic (exact) mass is 734 g/mol. The van der Waals surface area contributed by atoms with Crippen LogP contribution in [0.3, 0.4) is 0 Å². The third-order valence-electron chi connectivity index (χ3n) is 8.62. The van der Waals surface area contributed by atoms with Gasteiger partial charge in [0, 0.05) is 5.41 Å². The molecule has 1 aliphatic carbocycles. The first-order valence-corrected chi connectivity index (χ1v) is 19.5. The number of hydrogen-bond acceptors (Lipinski definition) is 12. The first-order valence-electron chi connectivity index (χ1n) is 16.7. The predicted molar refractivity (Wildman–Crippen MR) is 186 cm³/mol. The quantitative estimate of drug-likeness (QED) is 0.0759. The number of unbranched alkanes of at least 4 members (excludes halogenated alkanes) is 5. The summed E-state index contributed by atoms with van der Waals surface area (Å²) in [6.45, 7) is 13.9. The lowest BCUT2D eigenvalue weighted by molar-refractivity contribution is -0.109. The van der Waals surface area contributed by atoms with Gasteiger partial charge in [-0.3, -0.25) is 9.89 Å². The largest absolute Gasteiger partial charge is 0.506 e. The topological polar surface area (TPSA) is 239 Å². The van der Waals surface area contributed by atoms with Gasteiger partial charge in [0.25, 0.3) is 0 Å². The van der Waals surface area contributed by atoms with Gasteiger partial charge in [-0.05, 0) is 34.1 Å². The molecular weight excluding hydrogens is 689 g/mol. The molecule has 0 bridgehead atoms. The zero-order chi connectivity index (χ0) is 36.9. The first-order chi connectivity index (χ1) is 23.3. The summed E-state index contributed by atoms with van der Waals surface area (Å²) in [6, 6.07) is -1.61. The van der Waals surface area contributed by atoms with Crippen molar-refractivity contribution < 1.29 is 31.8 Å². The minimum atomic E-state index is -3.66. The number of carbonyl (C=O) groups excluding carboxylic acids is 1. The predicted octanol–water partition coefficient (Wildman–Crippen LogP) is 1.96. The van der Waals surface area contributed by atoms with E-state index in [9.17, 15) is 31.8 Å². The Kier molecular flexibility index (Phi) is 10.3. The Hall–Kier alpha value is -3.78. The molecule has 4 aromatic heterocycles. The van der Waals surface area contributed by atoms with E-state index in [2.05, 4.69) is 47.0 Å². The molecule has 5 rings (SSSR count). The number of carbonyl (C=O) groups is 1. The zero-order valence-electron chi connectivity index (χ0n) is 29.5. The van der Waals surface area contributed by atoms with Gasteiger partial charge in [-0.1, -0.05) is 59.8 Å². The lowest BCUT2D eigenvalue weighted by Crippen LogP contribution is -2.32. The number of ketones is 1. The number of nitrogens with zero attached hydrogens (tertiary/aromatic N) is 7. The molecule has 2 unspecified atom stereocenters. The highest BCUT2D eigenvalue weighted by molar-refractivity contribution is 7.89. The summed E-state index contributed by atoms with van der Waals surface area (Å²) in [4.78, 5) is 14.1. The van der Waals surface area contributed by atoms with Crippen LogP contribution < -0.4 is 14.7 Å². The number of hydrogen-bond donors (Lipinski definition) is 6. The number of allylic oxidation sites excluding steroid dienone is 2. The summed E-state index contributed by atoms with van der Waals surface area (Å²) in [7, 11) is -6.61. The van der Waals surface area contributed by atoms with Gasteiger partial charge in [0.15, 0.2) is 22.9 Å². The van der Waals surface area contributed by atoms with Crippen molar-refractivity contribution in [1.29, 1.82) is 0 Å². The number of nitrogens with one attached hydrogen (secondary N) is 3. The summed E-state index contributed by atoms with van der Waals surface area (Å²) >= 11 is 0. The molecule has 274 valence electrons. The highest BCUT2D eigenvalue weighted by atomic mass is 32.2. The summed E-state index contributed by atoms with van der Waals surface area (Å²) in [5, 5.41) is 47.7. The molecular formula is C31H46N10O7S2. The normalized spacial score (nSPS) is 17.0. The number of thiol groups is 1. The molecule has 0 fully saturated rings. The van der Waals surface area contributed by atoms with Gasteiger partial charge in [0.2, 0.25) is 26.7 Å². The van der Waals surface area contributed by atoms with Gasteiger partial charge in [-0.2, -0.15) is 24.3 Å². The Morgan fingerprint density at radius 1 is 0.900 bits per heavy atom. The molecule has 5 N–H and O–H groups in total. The zero-order valence-corrected chi connectivity index (χ0v) is 31.2. The lowest BCUT2D eigenvalue weighted by atomic mass is 9.79. The maximum absolute atomic E-state index is 14.1. The second-order valence-corrected chi connectivity index (χ2v) is 17.0. The standard InChI is InChI=1S/C31H46N10O7S2/c1-9-10-11-12-13-14-15-50(47,48)39-17(3)27-33-35-29-21(25(31(7,8)44)37-41(27)29)19-22(42)18(23(19)43)20-24(30(4,5)6)36-40-26(32-34-28(20)40)16(2)38-49(45)46/h16-17,35,39,42,44,49H,9-15H2,1-8H3,(H,38,45,46)/b20-18+. The maximum atomic E-state index is 14.1. The van der Waals surface area contributed by atoms with E-state index in [1.54, 1.807) is 13.8 Å². The van der Waals surface area contributed by atoms with Gasteiger partial charge >= 0.3 is 0 Å². The number of rotatable bonds is 15. The van der Waals surface area contributed by atoms with E-state index in [1.165, 1.54) is 22.9 Å². The second-order valence-electron chi connectivity index (χ2n) is 14.4. The van der Waals surface area contributed by atoms with Crippen LogP contribution in [0.4, 0.5) is 0 Å². The molecule has 0 aliphatic heterocycles. The molecule has 0 radical (unpaired) electrons. The second kappa shape index (κ2) is 13.7. The Balaban J connectivity index is 1.58. The fourth-order valence-corrected chi connectivity index (χ4v) is 7.93. The minimum Gasteiger partial charge on any atom is -0.506 e. The van der Waals surface area contributed by atoms with E-state index < -0.39 is 55.6 Å². The van der Waals surface area contributed by atoms with Crippen molar-refractivity contribution in [2.75, 3.05) is 5.75 Å². The fourth-order valence-electron chi connectivity index (χ4n) is 6.15. The van der Waals surface area contributed by atoms with Crippen LogP contribution >= 0.6 is 0 Å². The van der Waals surface area contributed by atoms with Crippen molar-refractivity contribution in [2.24, 2.45) is 0 Å². The summed E-state index contributed by atoms with van der Waals surface area (Å²) in [6.07, 6.45) is 5.62. The average Bonchev–Trinajstić information content (AvgIpc) is 3.75. The Morgan fingerprint density at radius 2 is 1.54 bits per heavy atom. The smallest absolute Gasteiger partial charge is 0.212 e. The van der Waals surface area contributed by atoms with Gasteiger partial charge < -0.3 is 10.2 Å². The molecule has 4 heterocycles. The molecule has 50 heavy (non-hydrogen) atoms. The van der Waals surface area contributed by atoms with Crippen LogP contribution in [0.25, 0.3) is 22.4 Å². The van der Waals surface area contributed by atoms with Crippen LogP contribution in [0.2, 0.25) is 0 Å². The Bertz CT molecular complexity index is 2210. The van der Waals surface area contributed by atoms with Gasteiger partial charge in [-0.25, -0.2) is 26.3 Å². The molecule has 0 amide bonds. The molecule has 0 saturated heterocycles. The van der Waals surface area contributed by atoms with Crippen LogP contribution in [0.5, 0.6) is 0 Å². The lowest BCUT2D eigenvalue weighted by Gasteiger charge is -2.24. The fraction of sp³-hybridized carbons (Fsp3) is 0.613. The van der Waals surface area contributed by atoms with Gasteiger partial charge in [0.1, 0.15) is 17.1 Å². The van der Waals surface area contributed by atoms with Crippen LogP contribution in [0.15, 0.2) is 5.76 Å². The van der Waals surface area contributed by atoms with Crippen molar-refractivity contribution in [3.05, 3.63) is 39.6 Å². The molecule has 2 atom stereocenters. The number of H-pyrrole nitrogens is 1. The highest BCUT2D eigenvalue weighted by Crippen LogP contribution is 2.42. The van der Waals surface area contributed by atoms with Crippen LogP contribution in [0.1, 0.15) is 135 Å². The van der Waals surface area contributed by atoms with Crippen molar-refractivity contribution in [2.45, 2.75) is 117 Å². The maximum Gasteiger partial charge on any atom is 0.212 e. The van der Waals surface area contributed by atoms with E-state index in [0.717, 1.165) is 32.1 Å². The number of Topliss-reactive ketones (excluding diaryl/α,β-unsaturated/α-hetero) is 1. The number of aliphatic hydroxyl groups is 2. The molecule has 19 heteroatoms. The van der Waals surface area contributed by atoms with E-state index >= 15 is 0 Å². The van der Waals surface area contributed by atoms with Gasteiger partial charge in [-0.15, -0.1) is 10.2 Å². The molecule has 0 saturated carbocycles. The van der Waals surface area contributed by atoms with Crippen molar-refractivity contribution in [3.8, 4) is 0 Å². The summed E-state index contributed by atoms with van der Waals surface area (Å²) < 4.78 is 56.2. The van der Waals surface area contributed by atoms with E-state index in [4.69, 9.17) is 0 Å². The molecule has 17 nitrogen and oxygen atoms in total. The highest BCUT2D eigenvalue weighted by Gasteiger charge is 2.44. The van der Waals surface area contributed by atoms with Crippen molar-refractivity contribution in [1.82, 2.24) is 49.1 Å². The number of sulfonamides is 1. The third kappa shape index (κ3) is 7.05. The molecule has 0 aromatic carbocycles. The SMILES string of the molecule is CCCCCCCCS(=O)(=O)NC(C)c1n[nH]c2c(C3=C(O)/C(=c4/c(C(C)(C)C)nn5c(C(C)N[SH](=O)=O)nnc45)C3=O)c(C(C)(C)O)nn12. The Morgan fingerprint density at radius 3 is 2.14 bits per heavy atom. The van der Waals surface area contributed by atoms with Crippen LogP contribution in [-0.4, -0.2) is 78.2 Å². The van der Waals surface area contributed by atoms with Crippen molar-refractivity contribution in [3.63, 3.8) is 0 Å². The number of aliphatic hydroxyl groups excluding tert-OH is 1. The first kappa shape index (κ1) is 37.5. The number of fused-ring (bicyclic) bond motifs is 2. The average molecular weight is 735 g/mol. The van der Waals surface area contributed by atoms with Gasteiger partial charge in [0.05, 0.1) is 45.5 Å². The Labute approximate surface area is 291 Å². The van der Waals surface area contributed by atoms with Crippen molar-refractivity contribution >= 4 is 49.1 Å². The molecule has 4 aromatic rings. The number of aromatic nitrogens is 8. The van der Waals surface area contributed by atoms with Crippen LogP contribution in [0, 0.1) is 0 Å². The minimum absolute atomic E-state index is 0.0356. The number of aromatic amines is 1. The molecule has 1 aliphatic rings. The van der Waals surface area contributed by atoms with E-state index in [-0.39, 0.29) is 56.3 Å². The van der Waals surface area contributed by atoms with E-state index in [0.29, 0.717) is 12.1 Å². The van der Waals surface area contributed by atoms with Crippen LogP contribution in [-0.2, 0) is 36.7 Å². The third-order valence-corrected chi connectivity index (χ3v) is 10.8. The molecule has 0 spiro atoms.